The first kappa shape index (κ1) is 20.8. The van der Waals surface area contributed by atoms with E-state index < -0.39 is 5.97 Å². The number of carbonyl (C=O) groups excluding carboxylic acids is 3. The second-order valence-electron chi connectivity index (χ2n) is 6.67. The molecule has 1 aliphatic rings. The van der Waals surface area contributed by atoms with Crippen LogP contribution in [-0.2, 0) is 9.53 Å². The molecule has 1 aliphatic heterocycles. The van der Waals surface area contributed by atoms with Gasteiger partial charge in [0.1, 0.15) is 0 Å². The van der Waals surface area contributed by atoms with Crippen LogP contribution < -0.4 is 5.32 Å². The summed E-state index contributed by atoms with van der Waals surface area (Å²) < 4.78 is 4.66. The van der Waals surface area contributed by atoms with Crippen LogP contribution in [0.2, 0.25) is 5.02 Å². The zero-order valence-electron chi connectivity index (χ0n) is 16.1. The van der Waals surface area contributed by atoms with E-state index in [1.807, 2.05) is 11.0 Å². The van der Waals surface area contributed by atoms with Gasteiger partial charge in [-0.25, -0.2) is 4.79 Å². The summed E-state index contributed by atoms with van der Waals surface area (Å²) in [6.07, 6.45) is 0. The highest BCUT2D eigenvalue weighted by Crippen LogP contribution is 2.20. The van der Waals surface area contributed by atoms with E-state index in [-0.39, 0.29) is 18.4 Å². The average Bonchev–Trinajstić information content (AvgIpc) is 2.75. The molecule has 1 saturated heterocycles. The van der Waals surface area contributed by atoms with E-state index in [4.69, 9.17) is 11.6 Å². The Morgan fingerprint density at radius 3 is 2.21 bits per heavy atom. The Morgan fingerprint density at radius 2 is 1.59 bits per heavy atom. The maximum Gasteiger partial charge on any atom is 0.337 e. The molecule has 2 aromatic rings. The number of hydrogen-bond acceptors (Lipinski definition) is 5. The van der Waals surface area contributed by atoms with Crippen molar-refractivity contribution in [3.8, 4) is 0 Å². The summed E-state index contributed by atoms with van der Waals surface area (Å²) in [6.45, 7) is 2.48. The third kappa shape index (κ3) is 5.34. The first-order valence-electron chi connectivity index (χ1n) is 9.22. The summed E-state index contributed by atoms with van der Waals surface area (Å²) in [5.74, 6) is -0.675. The normalized spacial score (nSPS) is 14.3. The Morgan fingerprint density at radius 1 is 0.966 bits per heavy atom. The van der Waals surface area contributed by atoms with E-state index in [0.717, 1.165) is 0 Å². The van der Waals surface area contributed by atoms with Crippen LogP contribution in [0.4, 0.5) is 5.69 Å². The van der Waals surface area contributed by atoms with Gasteiger partial charge in [-0.05, 0) is 36.4 Å². The van der Waals surface area contributed by atoms with Gasteiger partial charge >= 0.3 is 5.97 Å². The number of esters is 1. The van der Waals surface area contributed by atoms with Gasteiger partial charge in [0.15, 0.2) is 0 Å². The molecule has 1 heterocycles. The number of benzene rings is 2. The Kier molecular flexibility index (Phi) is 6.85. The molecule has 0 unspecified atom stereocenters. The monoisotopic (exact) mass is 415 g/mol. The Labute approximate surface area is 174 Å². The number of methoxy groups -OCH3 is 1. The number of halogens is 1. The molecule has 0 aromatic heterocycles. The highest BCUT2D eigenvalue weighted by atomic mass is 35.5. The van der Waals surface area contributed by atoms with Gasteiger partial charge in [0.2, 0.25) is 5.91 Å². The SMILES string of the molecule is COC(=O)c1ccc(C(=O)N2CCN(CC(=O)Nc3ccccc3Cl)CC2)cc1. The van der Waals surface area contributed by atoms with Crippen LogP contribution in [0.1, 0.15) is 20.7 Å². The number of rotatable bonds is 5. The molecule has 0 saturated carbocycles. The Balaban J connectivity index is 1.49. The number of carbonyl (C=O) groups is 3. The Bertz CT molecular complexity index is 893. The van der Waals surface area contributed by atoms with Gasteiger partial charge < -0.3 is 15.0 Å². The third-order valence-electron chi connectivity index (χ3n) is 4.73. The maximum atomic E-state index is 12.7. The van der Waals surface area contributed by atoms with Crippen LogP contribution in [-0.4, -0.2) is 67.4 Å². The highest BCUT2D eigenvalue weighted by Gasteiger charge is 2.23. The standard InChI is InChI=1S/C21H22ClN3O4/c1-29-21(28)16-8-6-15(7-9-16)20(27)25-12-10-24(11-13-25)14-19(26)23-18-5-3-2-4-17(18)22/h2-9H,10-14H2,1H3,(H,23,26). The smallest absolute Gasteiger partial charge is 0.337 e. The fourth-order valence-electron chi connectivity index (χ4n) is 3.11. The lowest BCUT2D eigenvalue weighted by atomic mass is 10.1. The summed E-state index contributed by atoms with van der Waals surface area (Å²) in [4.78, 5) is 40.1. The largest absolute Gasteiger partial charge is 0.465 e. The fraction of sp³-hybridized carbons (Fsp3) is 0.286. The van der Waals surface area contributed by atoms with Crippen LogP contribution in [0.3, 0.4) is 0 Å². The predicted molar refractivity (Wildman–Crippen MR) is 110 cm³/mol. The molecule has 2 amide bonds. The van der Waals surface area contributed by atoms with Gasteiger partial charge in [-0.2, -0.15) is 0 Å². The molecule has 7 nitrogen and oxygen atoms in total. The lowest BCUT2D eigenvalue weighted by Gasteiger charge is -2.34. The minimum Gasteiger partial charge on any atom is -0.465 e. The summed E-state index contributed by atoms with van der Waals surface area (Å²) >= 11 is 6.06. The lowest BCUT2D eigenvalue weighted by molar-refractivity contribution is -0.117. The number of nitrogens with zero attached hydrogens (tertiary/aromatic N) is 2. The molecule has 3 rings (SSSR count). The van der Waals surface area contributed by atoms with Gasteiger partial charge in [-0.15, -0.1) is 0 Å². The van der Waals surface area contributed by atoms with Crippen molar-refractivity contribution in [2.75, 3.05) is 45.2 Å². The Hall–Kier alpha value is -2.90. The molecule has 1 N–H and O–H groups in total. The summed E-state index contributed by atoms with van der Waals surface area (Å²) in [7, 11) is 1.32. The molecule has 0 bridgehead atoms. The molecule has 29 heavy (non-hydrogen) atoms. The molecule has 1 fully saturated rings. The van der Waals surface area contributed by atoms with Crippen molar-refractivity contribution >= 4 is 35.1 Å². The summed E-state index contributed by atoms with van der Waals surface area (Å²) in [5, 5.41) is 3.30. The van der Waals surface area contributed by atoms with Gasteiger partial charge in [-0.1, -0.05) is 23.7 Å². The first-order chi connectivity index (χ1) is 14.0. The zero-order valence-corrected chi connectivity index (χ0v) is 16.8. The van der Waals surface area contributed by atoms with Crippen LogP contribution in [0.5, 0.6) is 0 Å². The molecule has 0 aliphatic carbocycles. The van der Waals surface area contributed by atoms with E-state index in [0.29, 0.717) is 48.0 Å². The van der Waals surface area contributed by atoms with Crippen molar-refractivity contribution in [3.63, 3.8) is 0 Å². The van der Waals surface area contributed by atoms with E-state index in [1.165, 1.54) is 7.11 Å². The number of amides is 2. The number of nitrogens with one attached hydrogen (secondary N) is 1. The van der Waals surface area contributed by atoms with Gasteiger partial charge in [-0.3, -0.25) is 14.5 Å². The minimum atomic E-state index is -0.437. The second kappa shape index (κ2) is 9.54. The molecule has 0 spiro atoms. The fourth-order valence-corrected chi connectivity index (χ4v) is 3.30. The molecule has 2 aromatic carbocycles. The van der Waals surface area contributed by atoms with Crippen molar-refractivity contribution in [2.45, 2.75) is 0 Å². The van der Waals surface area contributed by atoms with Crippen molar-refractivity contribution in [1.82, 2.24) is 9.80 Å². The first-order valence-corrected chi connectivity index (χ1v) is 9.60. The lowest BCUT2D eigenvalue weighted by Crippen LogP contribution is -2.50. The van der Waals surface area contributed by atoms with Crippen molar-refractivity contribution in [2.24, 2.45) is 0 Å². The molecule has 0 atom stereocenters. The van der Waals surface area contributed by atoms with Crippen LogP contribution in [0.15, 0.2) is 48.5 Å². The average molecular weight is 416 g/mol. The van der Waals surface area contributed by atoms with E-state index >= 15 is 0 Å². The molecular formula is C21H22ClN3O4. The summed E-state index contributed by atoms with van der Waals surface area (Å²) in [5.41, 5.74) is 1.50. The van der Waals surface area contributed by atoms with Gasteiger partial charge in [0.05, 0.1) is 29.9 Å². The van der Waals surface area contributed by atoms with Crippen LogP contribution in [0, 0.1) is 0 Å². The second-order valence-corrected chi connectivity index (χ2v) is 7.07. The van der Waals surface area contributed by atoms with Crippen molar-refractivity contribution in [3.05, 3.63) is 64.7 Å². The molecule has 152 valence electrons. The molecular weight excluding hydrogens is 394 g/mol. The number of anilines is 1. The van der Waals surface area contributed by atoms with E-state index in [1.54, 1.807) is 47.4 Å². The minimum absolute atomic E-state index is 0.0958. The molecule has 8 heteroatoms. The number of hydrogen-bond donors (Lipinski definition) is 1. The van der Waals surface area contributed by atoms with Gasteiger partial charge in [0, 0.05) is 31.7 Å². The topological polar surface area (TPSA) is 79.0 Å². The predicted octanol–water partition coefficient (Wildman–Crippen LogP) is 2.52. The highest BCUT2D eigenvalue weighted by molar-refractivity contribution is 6.33. The van der Waals surface area contributed by atoms with Crippen LogP contribution >= 0.6 is 11.6 Å². The number of para-hydroxylation sites is 1. The van der Waals surface area contributed by atoms with Crippen molar-refractivity contribution in [1.29, 1.82) is 0 Å². The maximum absolute atomic E-state index is 12.7. The van der Waals surface area contributed by atoms with E-state index in [2.05, 4.69) is 10.1 Å². The van der Waals surface area contributed by atoms with Crippen LogP contribution in [0.25, 0.3) is 0 Å². The number of piperazine rings is 1. The third-order valence-corrected chi connectivity index (χ3v) is 5.06. The molecule has 0 radical (unpaired) electrons. The van der Waals surface area contributed by atoms with E-state index in [9.17, 15) is 14.4 Å². The number of ether oxygens (including phenoxy) is 1. The zero-order chi connectivity index (χ0) is 20.8. The summed E-state index contributed by atoms with van der Waals surface area (Å²) in [6, 6.07) is 13.5. The van der Waals surface area contributed by atoms with Crippen molar-refractivity contribution < 1.29 is 19.1 Å². The quantitative estimate of drug-likeness (QED) is 0.759. The van der Waals surface area contributed by atoms with Gasteiger partial charge in [0.25, 0.3) is 5.91 Å².